The Kier molecular flexibility index (Phi) is 3.17. The van der Waals surface area contributed by atoms with Gasteiger partial charge in [0.25, 0.3) is 0 Å². The number of nitrogens with two attached hydrogens (primary N) is 1. The number of hydrogen-bond donors (Lipinski definition) is 2. The van der Waals surface area contributed by atoms with Gasteiger partial charge in [-0.15, -0.1) is 0 Å². The predicted octanol–water partition coefficient (Wildman–Crippen LogP) is 2.14. The molecule has 0 spiro atoms. The van der Waals surface area contributed by atoms with Gasteiger partial charge in [-0.05, 0) is 35.9 Å². The minimum atomic E-state index is -3.21. The molecule has 2 aromatic carbocycles. The summed E-state index contributed by atoms with van der Waals surface area (Å²) in [5.74, 6) is 0.779. The van der Waals surface area contributed by atoms with Gasteiger partial charge in [0.1, 0.15) is 5.82 Å². The van der Waals surface area contributed by atoms with Gasteiger partial charge < -0.3 is 10.7 Å². The van der Waals surface area contributed by atoms with Gasteiger partial charge in [0.05, 0.1) is 15.9 Å². The topological polar surface area (TPSA) is 88.8 Å². The highest BCUT2D eigenvalue weighted by Crippen LogP contribution is 2.19. The SMILES string of the molecule is CS(=O)(=O)c1ccc2nc(Cc3cccc(N)c3)[nH]c2c1. The normalized spacial score (nSPS) is 11.9. The van der Waals surface area contributed by atoms with Crippen molar-refractivity contribution in [2.45, 2.75) is 11.3 Å². The molecule has 108 valence electrons. The van der Waals surface area contributed by atoms with Crippen LogP contribution in [-0.2, 0) is 16.3 Å². The molecule has 21 heavy (non-hydrogen) atoms. The van der Waals surface area contributed by atoms with E-state index in [4.69, 9.17) is 5.73 Å². The number of H-pyrrole nitrogens is 1. The van der Waals surface area contributed by atoms with Crippen LogP contribution in [0.3, 0.4) is 0 Å². The molecule has 1 aromatic heterocycles. The van der Waals surface area contributed by atoms with Crippen LogP contribution in [0.25, 0.3) is 11.0 Å². The van der Waals surface area contributed by atoms with Gasteiger partial charge in [-0.1, -0.05) is 12.1 Å². The molecule has 3 rings (SSSR count). The first-order valence-corrected chi connectivity index (χ1v) is 8.34. The lowest BCUT2D eigenvalue weighted by atomic mass is 10.1. The second kappa shape index (κ2) is 4.89. The number of benzene rings is 2. The van der Waals surface area contributed by atoms with E-state index in [2.05, 4.69) is 9.97 Å². The Morgan fingerprint density at radius 3 is 2.71 bits per heavy atom. The minimum absolute atomic E-state index is 0.286. The number of rotatable bonds is 3. The van der Waals surface area contributed by atoms with Crippen molar-refractivity contribution in [2.24, 2.45) is 0 Å². The second-order valence-electron chi connectivity index (χ2n) is 5.06. The summed E-state index contributed by atoms with van der Waals surface area (Å²) in [4.78, 5) is 7.92. The van der Waals surface area contributed by atoms with Crippen LogP contribution in [0.2, 0.25) is 0 Å². The Balaban J connectivity index is 1.98. The predicted molar refractivity (Wildman–Crippen MR) is 82.9 cm³/mol. The fourth-order valence-electron chi connectivity index (χ4n) is 2.25. The third kappa shape index (κ3) is 2.90. The molecule has 6 heteroatoms. The molecule has 0 amide bonds. The molecule has 0 fully saturated rings. The summed E-state index contributed by atoms with van der Waals surface area (Å²) in [6.45, 7) is 0. The van der Waals surface area contributed by atoms with Crippen LogP contribution in [-0.4, -0.2) is 24.6 Å². The number of imidazole rings is 1. The number of aromatic nitrogens is 2. The first-order valence-electron chi connectivity index (χ1n) is 6.45. The average Bonchev–Trinajstić information content (AvgIpc) is 2.78. The molecule has 3 N–H and O–H groups in total. The van der Waals surface area contributed by atoms with Crippen molar-refractivity contribution in [2.75, 3.05) is 12.0 Å². The summed E-state index contributed by atoms with van der Waals surface area (Å²) in [7, 11) is -3.21. The van der Waals surface area contributed by atoms with Crippen LogP contribution in [0, 0.1) is 0 Å². The van der Waals surface area contributed by atoms with Crippen molar-refractivity contribution < 1.29 is 8.42 Å². The summed E-state index contributed by atoms with van der Waals surface area (Å²) in [6.07, 6.45) is 1.81. The molecule has 0 radical (unpaired) electrons. The summed E-state index contributed by atoms with van der Waals surface area (Å²) in [5, 5.41) is 0. The quantitative estimate of drug-likeness (QED) is 0.725. The molecule has 0 unspecified atom stereocenters. The molecular formula is C15H15N3O2S. The highest BCUT2D eigenvalue weighted by atomic mass is 32.2. The number of anilines is 1. The standard InChI is InChI=1S/C15H15N3O2S/c1-21(19,20)12-5-6-13-14(9-12)18-15(17-13)8-10-3-2-4-11(16)7-10/h2-7,9H,8,16H2,1H3,(H,17,18). The fourth-order valence-corrected chi connectivity index (χ4v) is 2.90. The van der Waals surface area contributed by atoms with E-state index in [1.165, 1.54) is 6.26 Å². The molecule has 3 aromatic rings. The van der Waals surface area contributed by atoms with Gasteiger partial charge >= 0.3 is 0 Å². The van der Waals surface area contributed by atoms with Gasteiger partial charge in [-0.2, -0.15) is 0 Å². The highest BCUT2D eigenvalue weighted by molar-refractivity contribution is 7.90. The van der Waals surface area contributed by atoms with E-state index in [1.54, 1.807) is 18.2 Å². The molecule has 0 aliphatic heterocycles. The first-order chi connectivity index (χ1) is 9.91. The van der Waals surface area contributed by atoms with Crippen molar-refractivity contribution in [1.82, 2.24) is 9.97 Å². The van der Waals surface area contributed by atoms with Crippen LogP contribution in [0.15, 0.2) is 47.4 Å². The summed E-state index contributed by atoms with van der Waals surface area (Å²) >= 11 is 0. The number of nitrogen functional groups attached to an aromatic ring is 1. The van der Waals surface area contributed by atoms with Crippen molar-refractivity contribution >= 4 is 26.6 Å². The monoisotopic (exact) mass is 301 g/mol. The van der Waals surface area contributed by atoms with Gasteiger partial charge in [0.2, 0.25) is 0 Å². The third-order valence-electron chi connectivity index (χ3n) is 3.25. The minimum Gasteiger partial charge on any atom is -0.399 e. The summed E-state index contributed by atoms with van der Waals surface area (Å²) in [5.41, 5.74) is 8.99. The Hall–Kier alpha value is -2.34. The number of fused-ring (bicyclic) bond motifs is 1. The zero-order valence-electron chi connectivity index (χ0n) is 11.5. The molecule has 0 saturated carbocycles. The number of nitrogens with one attached hydrogen (secondary N) is 1. The molecule has 0 saturated heterocycles. The van der Waals surface area contributed by atoms with Crippen LogP contribution in [0.1, 0.15) is 11.4 Å². The smallest absolute Gasteiger partial charge is 0.175 e. The van der Waals surface area contributed by atoms with Crippen LogP contribution in [0.5, 0.6) is 0 Å². The zero-order valence-corrected chi connectivity index (χ0v) is 12.3. The van der Waals surface area contributed by atoms with E-state index in [0.717, 1.165) is 22.4 Å². The molecule has 0 atom stereocenters. The maximum atomic E-state index is 11.6. The maximum absolute atomic E-state index is 11.6. The fraction of sp³-hybridized carbons (Fsp3) is 0.133. The van der Waals surface area contributed by atoms with Crippen molar-refractivity contribution in [3.63, 3.8) is 0 Å². The van der Waals surface area contributed by atoms with Crippen LogP contribution >= 0.6 is 0 Å². The number of hydrogen-bond acceptors (Lipinski definition) is 4. The number of sulfone groups is 1. The molecular weight excluding hydrogens is 286 g/mol. The van der Waals surface area contributed by atoms with E-state index < -0.39 is 9.84 Å². The molecule has 1 heterocycles. The lowest BCUT2D eigenvalue weighted by Crippen LogP contribution is -1.96. The summed E-state index contributed by atoms with van der Waals surface area (Å²) < 4.78 is 23.1. The molecule has 5 nitrogen and oxygen atoms in total. The third-order valence-corrected chi connectivity index (χ3v) is 4.36. The van der Waals surface area contributed by atoms with E-state index in [0.29, 0.717) is 12.1 Å². The van der Waals surface area contributed by atoms with Gasteiger partial charge in [-0.3, -0.25) is 0 Å². The Morgan fingerprint density at radius 2 is 2.00 bits per heavy atom. The first kappa shape index (κ1) is 13.6. The van der Waals surface area contributed by atoms with Crippen LogP contribution in [0.4, 0.5) is 5.69 Å². The van der Waals surface area contributed by atoms with Crippen LogP contribution < -0.4 is 5.73 Å². The van der Waals surface area contributed by atoms with E-state index in [1.807, 2.05) is 24.3 Å². The van der Waals surface area contributed by atoms with Crippen molar-refractivity contribution in [1.29, 1.82) is 0 Å². The Morgan fingerprint density at radius 1 is 1.19 bits per heavy atom. The molecule has 0 aliphatic rings. The largest absolute Gasteiger partial charge is 0.399 e. The van der Waals surface area contributed by atoms with Gasteiger partial charge in [0, 0.05) is 18.4 Å². The Bertz CT molecular complexity index is 914. The van der Waals surface area contributed by atoms with E-state index >= 15 is 0 Å². The summed E-state index contributed by atoms with van der Waals surface area (Å²) in [6, 6.07) is 12.5. The van der Waals surface area contributed by atoms with Crippen molar-refractivity contribution in [3.05, 3.63) is 53.9 Å². The lowest BCUT2D eigenvalue weighted by Gasteiger charge is -1.99. The molecule has 0 bridgehead atoms. The Labute approximate surface area is 122 Å². The lowest BCUT2D eigenvalue weighted by molar-refractivity contribution is 0.602. The number of nitrogens with zero attached hydrogens (tertiary/aromatic N) is 1. The van der Waals surface area contributed by atoms with E-state index in [9.17, 15) is 8.42 Å². The highest BCUT2D eigenvalue weighted by Gasteiger charge is 2.10. The average molecular weight is 301 g/mol. The molecule has 0 aliphatic carbocycles. The van der Waals surface area contributed by atoms with Gasteiger partial charge in [0.15, 0.2) is 9.84 Å². The van der Waals surface area contributed by atoms with E-state index in [-0.39, 0.29) is 4.90 Å². The number of aromatic amines is 1. The second-order valence-corrected chi connectivity index (χ2v) is 7.07. The van der Waals surface area contributed by atoms with Gasteiger partial charge in [-0.25, -0.2) is 13.4 Å². The van der Waals surface area contributed by atoms with Crippen molar-refractivity contribution in [3.8, 4) is 0 Å². The maximum Gasteiger partial charge on any atom is 0.175 e. The zero-order chi connectivity index (χ0) is 15.0.